The first-order valence-corrected chi connectivity index (χ1v) is 12.3. The molecule has 0 saturated carbocycles. The summed E-state index contributed by atoms with van der Waals surface area (Å²) in [5.41, 5.74) is 3.15. The predicted octanol–water partition coefficient (Wildman–Crippen LogP) is 4.95. The van der Waals surface area contributed by atoms with Crippen molar-refractivity contribution in [1.29, 1.82) is 0 Å². The number of methoxy groups -OCH3 is 1. The fourth-order valence-electron chi connectivity index (χ4n) is 4.53. The summed E-state index contributed by atoms with van der Waals surface area (Å²) in [6.07, 6.45) is -0.797. The van der Waals surface area contributed by atoms with Crippen molar-refractivity contribution in [3.8, 4) is 0 Å². The number of ether oxygens (including phenoxy) is 5. The topological polar surface area (TPSA) is 63.2 Å². The van der Waals surface area contributed by atoms with Crippen LogP contribution in [0, 0.1) is 5.92 Å². The summed E-state index contributed by atoms with van der Waals surface area (Å²) in [6.45, 7) is 1.53. The van der Waals surface area contributed by atoms with E-state index in [0.717, 1.165) is 23.0 Å². The molecule has 36 heavy (non-hydrogen) atoms. The normalized spacial score (nSPS) is 23.9. The maximum absolute atomic E-state index is 11.8. The Morgan fingerprint density at radius 3 is 1.72 bits per heavy atom. The fraction of sp³-hybridized carbons (Fsp3) is 0.367. The summed E-state index contributed by atoms with van der Waals surface area (Å²) in [7, 11) is 1.59. The predicted molar refractivity (Wildman–Crippen MR) is 136 cm³/mol. The lowest BCUT2D eigenvalue weighted by Gasteiger charge is -2.45. The Morgan fingerprint density at radius 2 is 1.22 bits per heavy atom. The van der Waals surface area contributed by atoms with Gasteiger partial charge in [0.1, 0.15) is 18.5 Å². The standard InChI is InChI=1S/C30H34O6/c1-32-30-29(35-21-25-15-9-4-10-16-25)26(17-18-31)28(34-20-24-13-7-3-8-14-24)27(36-30)22-33-19-23-11-5-2-6-12-23/h2-16,18,26-30H,17,19-22H2,1H3/t26-,27+,28+,29+,30-/m0/s1. The monoisotopic (exact) mass is 490 g/mol. The van der Waals surface area contributed by atoms with Gasteiger partial charge in [0.15, 0.2) is 6.29 Å². The molecule has 1 aliphatic heterocycles. The first-order valence-electron chi connectivity index (χ1n) is 12.3. The van der Waals surface area contributed by atoms with E-state index in [0.29, 0.717) is 26.4 Å². The highest BCUT2D eigenvalue weighted by Gasteiger charge is 2.47. The molecule has 3 aromatic rings. The Labute approximate surface area is 213 Å². The molecule has 5 atom stereocenters. The molecule has 0 amide bonds. The maximum atomic E-state index is 11.8. The number of carbonyl (C=O) groups excluding carboxylic acids is 1. The van der Waals surface area contributed by atoms with Gasteiger partial charge in [0.2, 0.25) is 0 Å². The van der Waals surface area contributed by atoms with Crippen LogP contribution in [0.3, 0.4) is 0 Å². The highest BCUT2D eigenvalue weighted by Crippen LogP contribution is 2.34. The van der Waals surface area contributed by atoms with E-state index in [-0.39, 0.29) is 12.3 Å². The Hall–Kier alpha value is -2.87. The second-order valence-corrected chi connectivity index (χ2v) is 8.87. The molecule has 1 saturated heterocycles. The van der Waals surface area contributed by atoms with Gasteiger partial charge in [-0.25, -0.2) is 0 Å². The maximum Gasteiger partial charge on any atom is 0.184 e. The van der Waals surface area contributed by atoms with Crippen molar-refractivity contribution in [2.24, 2.45) is 5.92 Å². The van der Waals surface area contributed by atoms with Gasteiger partial charge in [0.05, 0.1) is 32.5 Å². The van der Waals surface area contributed by atoms with E-state index in [1.165, 1.54) is 0 Å². The first-order chi connectivity index (χ1) is 17.8. The van der Waals surface area contributed by atoms with E-state index in [9.17, 15) is 4.79 Å². The minimum atomic E-state index is -0.652. The van der Waals surface area contributed by atoms with Gasteiger partial charge in [-0.1, -0.05) is 91.0 Å². The quantitative estimate of drug-likeness (QED) is 0.316. The van der Waals surface area contributed by atoms with Gasteiger partial charge < -0.3 is 28.5 Å². The van der Waals surface area contributed by atoms with Crippen LogP contribution in [-0.4, -0.2) is 44.6 Å². The SMILES string of the molecule is CO[C@H]1O[C@H](COCc2ccccc2)[C@H](OCc2ccccc2)[C@H](CC=O)[C@H]1OCc1ccccc1. The zero-order valence-corrected chi connectivity index (χ0v) is 20.6. The van der Waals surface area contributed by atoms with Crippen molar-refractivity contribution in [2.75, 3.05) is 13.7 Å². The lowest BCUT2D eigenvalue weighted by atomic mass is 9.86. The second-order valence-electron chi connectivity index (χ2n) is 8.87. The number of benzene rings is 3. The van der Waals surface area contributed by atoms with Crippen molar-refractivity contribution >= 4 is 6.29 Å². The third kappa shape index (κ3) is 7.32. The molecule has 3 aromatic carbocycles. The molecule has 0 spiro atoms. The van der Waals surface area contributed by atoms with Gasteiger partial charge in [0.25, 0.3) is 0 Å². The molecule has 0 aromatic heterocycles. The van der Waals surface area contributed by atoms with Crippen molar-refractivity contribution < 1.29 is 28.5 Å². The summed E-state index contributed by atoms with van der Waals surface area (Å²) < 4.78 is 30.8. The van der Waals surface area contributed by atoms with Gasteiger partial charge in [-0.2, -0.15) is 0 Å². The lowest BCUT2D eigenvalue weighted by molar-refractivity contribution is -0.303. The third-order valence-electron chi connectivity index (χ3n) is 6.35. The molecule has 0 N–H and O–H groups in total. The molecule has 0 unspecified atom stereocenters. The zero-order chi connectivity index (χ0) is 25.0. The Morgan fingerprint density at radius 1 is 0.722 bits per heavy atom. The van der Waals surface area contributed by atoms with Crippen LogP contribution < -0.4 is 0 Å². The number of rotatable bonds is 13. The highest BCUT2D eigenvalue weighted by atomic mass is 16.7. The van der Waals surface area contributed by atoms with E-state index in [1.54, 1.807) is 7.11 Å². The molecular formula is C30H34O6. The average Bonchev–Trinajstić information content (AvgIpc) is 2.93. The molecular weight excluding hydrogens is 456 g/mol. The van der Waals surface area contributed by atoms with E-state index in [1.807, 2.05) is 91.0 Å². The van der Waals surface area contributed by atoms with Gasteiger partial charge in [0, 0.05) is 19.4 Å². The molecule has 6 nitrogen and oxygen atoms in total. The number of hydrogen-bond acceptors (Lipinski definition) is 6. The van der Waals surface area contributed by atoms with Crippen molar-refractivity contribution in [3.05, 3.63) is 108 Å². The van der Waals surface area contributed by atoms with Crippen LogP contribution in [0.25, 0.3) is 0 Å². The number of aldehydes is 1. The second kappa shape index (κ2) is 14.0. The Kier molecular flexibility index (Phi) is 10.2. The van der Waals surface area contributed by atoms with Gasteiger partial charge >= 0.3 is 0 Å². The van der Waals surface area contributed by atoms with Crippen LogP contribution in [0.4, 0.5) is 0 Å². The smallest absolute Gasteiger partial charge is 0.184 e. The van der Waals surface area contributed by atoms with Gasteiger partial charge in [-0.05, 0) is 16.7 Å². The minimum Gasteiger partial charge on any atom is -0.374 e. The summed E-state index contributed by atoms with van der Waals surface area (Å²) in [6, 6.07) is 29.9. The Bertz CT molecular complexity index is 1010. The molecule has 0 radical (unpaired) electrons. The minimum absolute atomic E-state index is 0.261. The lowest BCUT2D eigenvalue weighted by Crippen LogP contribution is -2.57. The van der Waals surface area contributed by atoms with Crippen LogP contribution >= 0.6 is 0 Å². The van der Waals surface area contributed by atoms with Crippen molar-refractivity contribution in [2.45, 2.75) is 50.8 Å². The number of hydrogen-bond donors (Lipinski definition) is 0. The van der Waals surface area contributed by atoms with E-state index < -0.39 is 24.6 Å². The Balaban J connectivity index is 1.51. The highest BCUT2D eigenvalue weighted by molar-refractivity contribution is 5.50. The van der Waals surface area contributed by atoms with Crippen molar-refractivity contribution in [3.63, 3.8) is 0 Å². The van der Waals surface area contributed by atoms with Crippen LogP contribution in [0.2, 0.25) is 0 Å². The first kappa shape index (κ1) is 26.2. The third-order valence-corrected chi connectivity index (χ3v) is 6.35. The van der Waals surface area contributed by atoms with Crippen LogP contribution in [0.1, 0.15) is 23.1 Å². The zero-order valence-electron chi connectivity index (χ0n) is 20.6. The fourth-order valence-corrected chi connectivity index (χ4v) is 4.53. The molecule has 1 fully saturated rings. The summed E-state index contributed by atoms with van der Waals surface area (Å²) >= 11 is 0. The van der Waals surface area contributed by atoms with Crippen LogP contribution in [-0.2, 0) is 48.3 Å². The van der Waals surface area contributed by atoms with E-state index in [2.05, 4.69) is 0 Å². The molecule has 6 heteroatoms. The van der Waals surface area contributed by atoms with E-state index in [4.69, 9.17) is 23.7 Å². The molecule has 0 bridgehead atoms. The van der Waals surface area contributed by atoms with Gasteiger partial charge in [-0.15, -0.1) is 0 Å². The average molecular weight is 491 g/mol. The van der Waals surface area contributed by atoms with Gasteiger partial charge in [-0.3, -0.25) is 0 Å². The van der Waals surface area contributed by atoms with Crippen molar-refractivity contribution in [1.82, 2.24) is 0 Å². The van der Waals surface area contributed by atoms with E-state index >= 15 is 0 Å². The van der Waals surface area contributed by atoms with Crippen LogP contribution in [0.5, 0.6) is 0 Å². The molecule has 4 rings (SSSR count). The number of carbonyl (C=O) groups is 1. The summed E-state index contributed by atoms with van der Waals surface area (Å²) in [5, 5.41) is 0. The largest absolute Gasteiger partial charge is 0.374 e. The summed E-state index contributed by atoms with van der Waals surface area (Å²) in [5.74, 6) is -0.265. The molecule has 1 aliphatic rings. The molecule has 1 heterocycles. The van der Waals surface area contributed by atoms with Crippen LogP contribution in [0.15, 0.2) is 91.0 Å². The summed E-state index contributed by atoms with van der Waals surface area (Å²) in [4.78, 5) is 11.8. The molecule has 190 valence electrons. The molecule has 0 aliphatic carbocycles.